The van der Waals surface area contributed by atoms with Gasteiger partial charge in [0.05, 0.1) is 6.61 Å². The van der Waals surface area contributed by atoms with E-state index < -0.39 is 9.04 Å². The van der Waals surface area contributed by atoms with Crippen molar-refractivity contribution in [2.75, 3.05) is 6.61 Å². The molecule has 0 aromatic heterocycles. The Morgan fingerprint density at radius 3 is 2.62 bits per heavy atom. The standard InChI is InChI=1S/C10H17O2Si/c1-5-10(6-2)11-8-7-9-12-13(3)4/h5H,6,9H2,1-4H3/b10-5+. The molecule has 0 saturated carbocycles. The first-order valence-electron chi connectivity index (χ1n) is 4.43. The van der Waals surface area contributed by atoms with Gasteiger partial charge in [-0.3, -0.25) is 0 Å². The molecule has 0 aromatic rings. The van der Waals surface area contributed by atoms with Gasteiger partial charge in [-0.1, -0.05) is 6.92 Å². The highest BCUT2D eigenvalue weighted by Gasteiger charge is 1.92. The van der Waals surface area contributed by atoms with Crippen LogP contribution >= 0.6 is 0 Å². The van der Waals surface area contributed by atoms with Crippen molar-refractivity contribution in [3.63, 3.8) is 0 Å². The van der Waals surface area contributed by atoms with Crippen LogP contribution in [0.4, 0.5) is 0 Å². The van der Waals surface area contributed by atoms with E-state index in [1.807, 2.05) is 19.9 Å². The zero-order chi connectivity index (χ0) is 10.1. The van der Waals surface area contributed by atoms with Gasteiger partial charge in [0, 0.05) is 6.42 Å². The zero-order valence-corrected chi connectivity index (χ0v) is 9.81. The summed E-state index contributed by atoms with van der Waals surface area (Å²) in [5.41, 5.74) is 0. The van der Waals surface area contributed by atoms with E-state index in [1.54, 1.807) is 0 Å². The summed E-state index contributed by atoms with van der Waals surface area (Å²) in [4.78, 5) is 0. The van der Waals surface area contributed by atoms with Gasteiger partial charge in [0.1, 0.15) is 11.9 Å². The average Bonchev–Trinajstić information content (AvgIpc) is 2.11. The third-order valence-electron chi connectivity index (χ3n) is 1.36. The highest BCUT2D eigenvalue weighted by atomic mass is 28.3. The summed E-state index contributed by atoms with van der Waals surface area (Å²) in [5.74, 6) is 3.71. The third kappa shape index (κ3) is 7.63. The Balaban J connectivity index is 3.61. The van der Waals surface area contributed by atoms with Crippen LogP contribution in [0, 0.1) is 12.0 Å². The molecule has 13 heavy (non-hydrogen) atoms. The second-order valence-electron chi connectivity index (χ2n) is 2.69. The fraction of sp³-hybridized carbons (Fsp3) is 0.600. The molecule has 0 spiro atoms. The van der Waals surface area contributed by atoms with Crippen LogP contribution < -0.4 is 0 Å². The van der Waals surface area contributed by atoms with Crippen LogP contribution in [0.2, 0.25) is 13.1 Å². The maximum atomic E-state index is 5.32. The van der Waals surface area contributed by atoms with Crippen LogP contribution in [0.15, 0.2) is 11.8 Å². The summed E-state index contributed by atoms with van der Waals surface area (Å²) in [6.07, 6.45) is 5.41. The first kappa shape index (κ1) is 12.3. The summed E-state index contributed by atoms with van der Waals surface area (Å²) in [5, 5.41) is 0. The van der Waals surface area contributed by atoms with Gasteiger partial charge < -0.3 is 9.16 Å². The summed E-state index contributed by atoms with van der Waals surface area (Å²) >= 11 is 0. The molecule has 0 bridgehead atoms. The minimum atomic E-state index is -0.619. The van der Waals surface area contributed by atoms with Gasteiger partial charge in [-0.05, 0) is 32.0 Å². The number of ether oxygens (including phenoxy) is 1. The van der Waals surface area contributed by atoms with Crippen molar-refractivity contribution in [1.82, 2.24) is 0 Å². The predicted octanol–water partition coefficient (Wildman–Crippen LogP) is 2.55. The molecule has 0 heterocycles. The Morgan fingerprint density at radius 1 is 1.46 bits per heavy atom. The van der Waals surface area contributed by atoms with E-state index in [1.165, 1.54) is 0 Å². The second-order valence-corrected chi connectivity index (χ2v) is 4.79. The molecule has 0 aliphatic carbocycles. The molecule has 0 N–H and O–H groups in total. The molecule has 1 radical (unpaired) electrons. The van der Waals surface area contributed by atoms with Crippen molar-refractivity contribution < 1.29 is 9.16 Å². The lowest BCUT2D eigenvalue weighted by atomic mass is 10.4. The molecule has 0 aliphatic rings. The zero-order valence-electron chi connectivity index (χ0n) is 8.81. The van der Waals surface area contributed by atoms with E-state index in [4.69, 9.17) is 9.16 Å². The first-order chi connectivity index (χ1) is 6.20. The molecule has 0 atom stereocenters. The smallest absolute Gasteiger partial charge is 0.206 e. The maximum Gasteiger partial charge on any atom is 0.206 e. The fourth-order valence-electron chi connectivity index (χ4n) is 0.647. The molecule has 73 valence electrons. The topological polar surface area (TPSA) is 18.5 Å². The second kappa shape index (κ2) is 7.90. The van der Waals surface area contributed by atoms with Crippen molar-refractivity contribution in [3.8, 4) is 12.0 Å². The molecule has 3 heteroatoms. The van der Waals surface area contributed by atoms with Crippen LogP contribution in [0.25, 0.3) is 0 Å². The van der Waals surface area contributed by atoms with E-state index in [9.17, 15) is 0 Å². The van der Waals surface area contributed by atoms with E-state index in [2.05, 4.69) is 25.1 Å². The molecular weight excluding hydrogens is 180 g/mol. The van der Waals surface area contributed by atoms with E-state index in [-0.39, 0.29) is 0 Å². The maximum absolute atomic E-state index is 5.32. The predicted molar refractivity (Wildman–Crippen MR) is 56.3 cm³/mol. The summed E-state index contributed by atoms with van der Waals surface area (Å²) in [6, 6.07) is 0. The largest absolute Gasteiger partial charge is 0.412 e. The van der Waals surface area contributed by atoms with Gasteiger partial charge in [0.25, 0.3) is 0 Å². The van der Waals surface area contributed by atoms with Crippen molar-refractivity contribution in [2.45, 2.75) is 33.4 Å². The summed E-state index contributed by atoms with van der Waals surface area (Å²) in [7, 11) is -0.619. The Labute approximate surface area is 82.7 Å². The normalized spacial score (nSPS) is 11.0. The lowest BCUT2D eigenvalue weighted by Crippen LogP contribution is -2.07. The van der Waals surface area contributed by atoms with Crippen molar-refractivity contribution in [3.05, 3.63) is 11.8 Å². The van der Waals surface area contributed by atoms with Crippen LogP contribution in [0.3, 0.4) is 0 Å². The average molecular weight is 197 g/mol. The van der Waals surface area contributed by atoms with Crippen molar-refractivity contribution in [1.29, 1.82) is 0 Å². The molecule has 0 fully saturated rings. The third-order valence-corrected chi connectivity index (χ3v) is 2.08. The van der Waals surface area contributed by atoms with Gasteiger partial charge in [0.2, 0.25) is 9.04 Å². The lowest BCUT2D eigenvalue weighted by Gasteiger charge is -1.99. The molecule has 0 aliphatic heterocycles. The van der Waals surface area contributed by atoms with E-state index in [0.29, 0.717) is 6.61 Å². The number of hydrogen-bond acceptors (Lipinski definition) is 2. The molecule has 0 saturated heterocycles. The van der Waals surface area contributed by atoms with Gasteiger partial charge in [-0.15, -0.1) is 0 Å². The van der Waals surface area contributed by atoms with Crippen molar-refractivity contribution >= 4 is 9.04 Å². The monoisotopic (exact) mass is 197 g/mol. The Hall–Kier alpha value is -0.723. The molecule has 0 aromatic carbocycles. The van der Waals surface area contributed by atoms with Crippen molar-refractivity contribution in [2.24, 2.45) is 0 Å². The van der Waals surface area contributed by atoms with E-state index in [0.717, 1.165) is 12.2 Å². The Bertz CT molecular complexity index is 211. The quantitative estimate of drug-likeness (QED) is 0.392. The van der Waals surface area contributed by atoms with Crippen LogP contribution in [-0.4, -0.2) is 15.6 Å². The molecular formula is C10H17O2Si. The number of allylic oxidation sites excluding steroid dienone is 2. The molecule has 0 amide bonds. The highest BCUT2D eigenvalue weighted by molar-refractivity contribution is 6.48. The van der Waals surface area contributed by atoms with Crippen LogP contribution in [0.5, 0.6) is 0 Å². The minimum absolute atomic E-state index is 0.474. The Morgan fingerprint density at radius 2 is 2.15 bits per heavy atom. The van der Waals surface area contributed by atoms with Gasteiger partial charge in [-0.2, -0.15) is 0 Å². The van der Waals surface area contributed by atoms with Crippen LogP contribution in [0.1, 0.15) is 20.3 Å². The first-order valence-corrected chi connectivity index (χ1v) is 6.84. The number of hydrogen-bond donors (Lipinski definition) is 0. The Kier molecular flexibility index (Phi) is 7.46. The molecule has 2 nitrogen and oxygen atoms in total. The fourth-order valence-corrected chi connectivity index (χ4v) is 1.01. The number of rotatable bonds is 4. The van der Waals surface area contributed by atoms with Gasteiger partial charge >= 0.3 is 0 Å². The van der Waals surface area contributed by atoms with Gasteiger partial charge in [-0.25, -0.2) is 0 Å². The lowest BCUT2D eigenvalue weighted by molar-refractivity contribution is 0.357. The van der Waals surface area contributed by atoms with Gasteiger partial charge in [0.15, 0.2) is 0 Å². The molecule has 0 rings (SSSR count). The van der Waals surface area contributed by atoms with Crippen LogP contribution in [-0.2, 0) is 9.16 Å². The van der Waals surface area contributed by atoms with E-state index >= 15 is 0 Å². The molecule has 0 unspecified atom stereocenters. The SMILES string of the molecule is C/C=C(\CC)OC#CCO[Si](C)C. The minimum Gasteiger partial charge on any atom is -0.412 e. The highest BCUT2D eigenvalue weighted by Crippen LogP contribution is 1.99. The summed E-state index contributed by atoms with van der Waals surface area (Å²) in [6.45, 7) is 8.61. The summed E-state index contributed by atoms with van der Waals surface area (Å²) < 4.78 is 10.5.